The molecule has 6 heteroatoms. The highest BCUT2D eigenvalue weighted by Crippen LogP contribution is 2.25. The van der Waals surface area contributed by atoms with Crippen LogP contribution in [0, 0.1) is 0 Å². The summed E-state index contributed by atoms with van der Waals surface area (Å²) in [7, 11) is 1.33. The third-order valence-electron chi connectivity index (χ3n) is 0.847. The van der Waals surface area contributed by atoms with Crippen LogP contribution in [0.3, 0.4) is 0 Å². The lowest BCUT2D eigenvalue weighted by Crippen LogP contribution is -1.86. The smallest absolute Gasteiger partial charge is 0.265 e. The van der Waals surface area contributed by atoms with Crippen molar-refractivity contribution in [2.45, 2.75) is 4.90 Å². The molecule has 0 aliphatic carbocycles. The zero-order chi connectivity index (χ0) is 7.78. The van der Waals surface area contributed by atoms with Gasteiger partial charge in [0.1, 0.15) is 4.90 Å². The fourth-order valence-electron chi connectivity index (χ4n) is 0.456. The summed E-state index contributed by atoms with van der Waals surface area (Å²) < 4.78 is 26.0. The molecule has 1 rings (SSSR count). The molecule has 0 radical (unpaired) electrons. The first-order chi connectivity index (χ1) is 4.52. The highest BCUT2D eigenvalue weighted by molar-refractivity contribution is 9.10. The van der Waals surface area contributed by atoms with Crippen LogP contribution in [0.15, 0.2) is 26.3 Å². The summed E-state index contributed by atoms with van der Waals surface area (Å²) >= 11 is 2.87. The second kappa shape index (κ2) is 2.56. The molecule has 0 fully saturated rings. The van der Waals surface area contributed by atoms with E-state index in [4.69, 9.17) is 10.7 Å². The summed E-state index contributed by atoms with van der Waals surface area (Å²) in [4.78, 5) is -0.0471. The van der Waals surface area contributed by atoms with Crippen LogP contribution in [0.25, 0.3) is 0 Å². The second-order valence-electron chi connectivity index (χ2n) is 1.50. The molecule has 0 amide bonds. The van der Waals surface area contributed by atoms with Crippen LogP contribution in [0.1, 0.15) is 0 Å². The minimum Gasteiger partial charge on any atom is -0.456 e. The summed E-state index contributed by atoms with van der Waals surface area (Å²) in [5.41, 5.74) is 0. The van der Waals surface area contributed by atoms with Crippen molar-refractivity contribution in [2.75, 3.05) is 0 Å². The lowest BCUT2D eigenvalue weighted by molar-refractivity contribution is 0.531. The molecule has 0 aromatic carbocycles. The molecular formula is C4H2BrClO3S. The van der Waals surface area contributed by atoms with Crippen LogP contribution < -0.4 is 0 Å². The Morgan fingerprint density at radius 3 is 2.40 bits per heavy atom. The molecule has 0 atom stereocenters. The van der Waals surface area contributed by atoms with Crippen LogP contribution in [-0.2, 0) is 9.05 Å². The molecule has 3 nitrogen and oxygen atoms in total. The third kappa shape index (κ3) is 1.53. The molecule has 0 saturated carbocycles. The number of halogens is 2. The average molecular weight is 245 g/mol. The largest absolute Gasteiger partial charge is 0.456 e. The Balaban J connectivity index is 3.32. The summed E-state index contributed by atoms with van der Waals surface area (Å²) in [5, 5.41) is 0. The van der Waals surface area contributed by atoms with E-state index in [1.807, 2.05) is 0 Å². The molecule has 0 bridgehead atoms. The fourth-order valence-corrected chi connectivity index (χ4v) is 2.44. The molecule has 0 saturated heterocycles. The summed E-state index contributed by atoms with van der Waals surface area (Å²) in [6.07, 6.45) is 1.24. The summed E-state index contributed by atoms with van der Waals surface area (Å²) in [6, 6.07) is 1.27. The van der Waals surface area contributed by atoms with Gasteiger partial charge in [-0.2, -0.15) is 0 Å². The van der Waals surface area contributed by atoms with E-state index in [0.29, 0.717) is 0 Å². The molecule has 0 spiro atoms. The monoisotopic (exact) mass is 244 g/mol. The van der Waals surface area contributed by atoms with Gasteiger partial charge in [-0.25, -0.2) is 8.42 Å². The van der Waals surface area contributed by atoms with Gasteiger partial charge in [-0.1, -0.05) is 0 Å². The minimum absolute atomic E-state index is 0.0471. The molecule has 0 N–H and O–H groups in total. The van der Waals surface area contributed by atoms with Gasteiger partial charge in [-0.3, -0.25) is 0 Å². The maximum absolute atomic E-state index is 10.6. The predicted molar refractivity (Wildman–Crippen MR) is 39.4 cm³/mol. The first-order valence-electron chi connectivity index (χ1n) is 2.19. The van der Waals surface area contributed by atoms with E-state index in [-0.39, 0.29) is 9.56 Å². The highest BCUT2D eigenvalue weighted by Gasteiger charge is 2.15. The molecule has 1 heterocycles. The molecule has 0 aliphatic rings. The molecule has 0 unspecified atom stereocenters. The second-order valence-corrected chi connectivity index (χ2v) is 4.75. The first-order valence-corrected chi connectivity index (χ1v) is 5.29. The van der Waals surface area contributed by atoms with Gasteiger partial charge in [0.05, 0.1) is 6.26 Å². The van der Waals surface area contributed by atoms with Gasteiger partial charge >= 0.3 is 0 Å². The molecular weight excluding hydrogens is 243 g/mol. The first kappa shape index (κ1) is 8.10. The summed E-state index contributed by atoms with van der Waals surface area (Å²) in [5.74, 6) is 0. The Morgan fingerprint density at radius 1 is 1.60 bits per heavy atom. The Kier molecular flexibility index (Phi) is 2.07. The van der Waals surface area contributed by atoms with E-state index in [1.165, 1.54) is 12.3 Å². The van der Waals surface area contributed by atoms with Crippen molar-refractivity contribution in [3.8, 4) is 0 Å². The normalized spacial score (nSPS) is 11.8. The van der Waals surface area contributed by atoms with Crippen molar-refractivity contribution in [3.05, 3.63) is 17.0 Å². The van der Waals surface area contributed by atoms with Gasteiger partial charge in [0.2, 0.25) is 0 Å². The van der Waals surface area contributed by atoms with Gasteiger partial charge in [-0.05, 0) is 22.0 Å². The van der Waals surface area contributed by atoms with Crippen molar-refractivity contribution < 1.29 is 12.8 Å². The minimum atomic E-state index is -3.66. The van der Waals surface area contributed by atoms with Gasteiger partial charge in [0, 0.05) is 10.7 Å². The van der Waals surface area contributed by atoms with Crippen LogP contribution in [0.4, 0.5) is 0 Å². The zero-order valence-electron chi connectivity index (χ0n) is 4.54. The van der Waals surface area contributed by atoms with E-state index in [0.717, 1.165) is 0 Å². The maximum Gasteiger partial charge on any atom is 0.265 e. The van der Waals surface area contributed by atoms with Crippen molar-refractivity contribution in [3.63, 3.8) is 0 Å². The molecule has 56 valence electrons. The molecule has 1 aromatic rings. The van der Waals surface area contributed by atoms with Crippen molar-refractivity contribution in [2.24, 2.45) is 0 Å². The van der Waals surface area contributed by atoms with Crippen LogP contribution >= 0.6 is 26.6 Å². The van der Waals surface area contributed by atoms with Crippen molar-refractivity contribution in [1.29, 1.82) is 0 Å². The van der Waals surface area contributed by atoms with E-state index in [2.05, 4.69) is 20.3 Å². The van der Waals surface area contributed by atoms with Gasteiger partial charge in [-0.15, -0.1) is 0 Å². The summed E-state index contributed by atoms with van der Waals surface area (Å²) in [6.45, 7) is 0. The van der Waals surface area contributed by atoms with E-state index in [1.54, 1.807) is 0 Å². The quantitative estimate of drug-likeness (QED) is 0.711. The molecule has 0 aliphatic heterocycles. The topological polar surface area (TPSA) is 47.3 Å². The van der Waals surface area contributed by atoms with Crippen LogP contribution in [0.2, 0.25) is 0 Å². The predicted octanol–water partition coefficient (Wildman–Crippen LogP) is 1.97. The lowest BCUT2D eigenvalue weighted by atomic mass is 10.7. The Hall–Kier alpha value is -0.000000000000000111. The van der Waals surface area contributed by atoms with Gasteiger partial charge < -0.3 is 4.42 Å². The Labute approximate surface area is 70.5 Å². The molecule has 10 heavy (non-hydrogen) atoms. The Bertz CT molecular complexity index is 328. The maximum atomic E-state index is 10.6. The average Bonchev–Trinajstić information content (AvgIpc) is 2.11. The van der Waals surface area contributed by atoms with Gasteiger partial charge in [0.25, 0.3) is 9.05 Å². The third-order valence-corrected chi connectivity index (χ3v) is 3.07. The SMILES string of the molecule is O=S(=O)(Cl)c1ccoc1Br. The molecule has 1 aromatic heterocycles. The lowest BCUT2D eigenvalue weighted by Gasteiger charge is -1.86. The standard InChI is InChI=1S/C4H2BrClO3S/c5-4-3(1-2-9-4)10(6,7)8/h1-2H. The fraction of sp³-hybridized carbons (Fsp3) is 0. The van der Waals surface area contributed by atoms with E-state index >= 15 is 0 Å². The van der Waals surface area contributed by atoms with Crippen molar-refractivity contribution in [1.82, 2.24) is 0 Å². The highest BCUT2D eigenvalue weighted by atomic mass is 79.9. The number of furan rings is 1. The zero-order valence-corrected chi connectivity index (χ0v) is 7.70. The van der Waals surface area contributed by atoms with Crippen LogP contribution in [-0.4, -0.2) is 8.42 Å². The van der Waals surface area contributed by atoms with E-state index < -0.39 is 9.05 Å². The van der Waals surface area contributed by atoms with Crippen LogP contribution in [0.5, 0.6) is 0 Å². The number of hydrogen-bond donors (Lipinski definition) is 0. The van der Waals surface area contributed by atoms with Crippen molar-refractivity contribution >= 4 is 35.7 Å². The van der Waals surface area contributed by atoms with Gasteiger partial charge in [0.15, 0.2) is 4.67 Å². The number of rotatable bonds is 1. The van der Waals surface area contributed by atoms with E-state index in [9.17, 15) is 8.42 Å². The number of hydrogen-bond acceptors (Lipinski definition) is 3. The Morgan fingerprint density at radius 2 is 2.20 bits per heavy atom.